The van der Waals surface area contributed by atoms with Crippen LogP contribution in [0.2, 0.25) is 0 Å². The summed E-state index contributed by atoms with van der Waals surface area (Å²) in [6, 6.07) is 5.72. The number of hydrogen-bond donors (Lipinski definition) is 5. The number of halogens is 4. The van der Waals surface area contributed by atoms with Gasteiger partial charge in [-0.15, -0.1) is 0 Å². The SMILES string of the molecule is Nc1nc(NCCC2(O)CCNC2)nc2cc(Br)ccc12.O=C(O)C(F)(F)F. The van der Waals surface area contributed by atoms with E-state index in [0.717, 1.165) is 28.3 Å². The number of nitrogens with zero attached hydrogens (tertiary/aromatic N) is 2. The van der Waals surface area contributed by atoms with Crippen molar-refractivity contribution in [1.29, 1.82) is 0 Å². The third kappa shape index (κ3) is 6.17. The average Bonchev–Trinajstić information content (AvgIpc) is 3.01. The van der Waals surface area contributed by atoms with E-state index >= 15 is 0 Å². The number of hydrogen-bond acceptors (Lipinski definition) is 7. The molecule has 12 heteroatoms. The number of fused-ring (bicyclic) bond motifs is 1. The Kier molecular flexibility index (Phi) is 7.01. The summed E-state index contributed by atoms with van der Waals surface area (Å²) in [6.07, 6.45) is -3.65. The molecule has 0 bridgehead atoms. The number of β-amino-alcohol motifs (C(OH)–C–C–N with tert-alkyl or cyclic N) is 1. The predicted molar refractivity (Wildman–Crippen MR) is 101 cm³/mol. The molecule has 1 atom stereocenters. The summed E-state index contributed by atoms with van der Waals surface area (Å²) in [5, 5.41) is 24.5. The Morgan fingerprint density at radius 2 is 2.07 bits per heavy atom. The lowest BCUT2D eigenvalue weighted by Crippen LogP contribution is -2.33. The molecule has 1 saturated heterocycles. The molecule has 8 nitrogen and oxygen atoms in total. The van der Waals surface area contributed by atoms with Crippen molar-refractivity contribution >= 4 is 44.6 Å². The van der Waals surface area contributed by atoms with Crippen molar-refractivity contribution in [2.45, 2.75) is 24.6 Å². The van der Waals surface area contributed by atoms with Crippen LogP contribution in [0.25, 0.3) is 10.9 Å². The fourth-order valence-electron chi connectivity index (χ4n) is 2.56. The molecule has 1 fully saturated rings. The van der Waals surface area contributed by atoms with Gasteiger partial charge in [-0.1, -0.05) is 15.9 Å². The van der Waals surface area contributed by atoms with Crippen LogP contribution >= 0.6 is 15.9 Å². The van der Waals surface area contributed by atoms with Gasteiger partial charge in [0.15, 0.2) is 0 Å². The van der Waals surface area contributed by atoms with Crippen molar-refractivity contribution in [2.75, 3.05) is 30.7 Å². The van der Waals surface area contributed by atoms with Crippen molar-refractivity contribution in [3.63, 3.8) is 0 Å². The van der Waals surface area contributed by atoms with Gasteiger partial charge in [0, 0.05) is 22.9 Å². The number of aliphatic carboxylic acids is 1. The van der Waals surface area contributed by atoms with Gasteiger partial charge in [-0.3, -0.25) is 0 Å². The van der Waals surface area contributed by atoms with E-state index in [2.05, 4.69) is 36.5 Å². The highest BCUT2D eigenvalue weighted by molar-refractivity contribution is 9.10. The first-order valence-corrected chi connectivity index (χ1v) is 8.99. The number of nitrogen functional groups attached to an aromatic ring is 1. The molecule has 1 aromatic heterocycles. The molecular formula is C16H19BrF3N5O3. The molecule has 0 saturated carbocycles. The van der Waals surface area contributed by atoms with Crippen molar-refractivity contribution in [2.24, 2.45) is 0 Å². The summed E-state index contributed by atoms with van der Waals surface area (Å²) < 4.78 is 32.7. The number of anilines is 2. The molecule has 1 unspecified atom stereocenters. The molecule has 2 aromatic rings. The van der Waals surface area contributed by atoms with Gasteiger partial charge in [0.05, 0.1) is 11.1 Å². The van der Waals surface area contributed by atoms with Crippen LogP contribution in [-0.2, 0) is 4.79 Å². The van der Waals surface area contributed by atoms with Gasteiger partial charge in [-0.25, -0.2) is 9.78 Å². The number of nitrogens with two attached hydrogens (primary N) is 1. The number of aliphatic hydroxyl groups is 1. The fourth-order valence-corrected chi connectivity index (χ4v) is 2.91. The highest BCUT2D eigenvalue weighted by Crippen LogP contribution is 2.24. The molecule has 3 rings (SSSR count). The number of alkyl halides is 3. The topological polar surface area (TPSA) is 133 Å². The Labute approximate surface area is 166 Å². The van der Waals surface area contributed by atoms with Crippen LogP contribution in [-0.4, -0.2) is 57.6 Å². The molecule has 1 aromatic carbocycles. The molecule has 0 amide bonds. The van der Waals surface area contributed by atoms with Gasteiger partial charge >= 0.3 is 12.1 Å². The zero-order chi connectivity index (χ0) is 20.9. The summed E-state index contributed by atoms with van der Waals surface area (Å²) in [6.45, 7) is 2.11. The van der Waals surface area contributed by atoms with E-state index in [1.807, 2.05) is 18.2 Å². The first-order valence-electron chi connectivity index (χ1n) is 8.20. The quantitative estimate of drug-likeness (QED) is 0.463. The van der Waals surface area contributed by atoms with E-state index < -0.39 is 17.7 Å². The number of carboxylic acid groups (broad SMARTS) is 1. The summed E-state index contributed by atoms with van der Waals surface area (Å²) in [5.74, 6) is -1.81. The van der Waals surface area contributed by atoms with E-state index in [-0.39, 0.29) is 0 Å². The number of rotatable bonds is 4. The number of carbonyl (C=O) groups is 1. The van der Waals surface area contributed by atoms with Crippen molar-refractivity contribution in [3.05, 3.63) is 22.7 Å². The van der Waals surface area contributed by atoms with E-state index in [1.54, 1.807) is 0 Å². The Morgan fingerprint density at radius 1 is 1.39 bits per heavy atom. The zero-order valence-corrected chi connectivity index (χ0v) is 16.1. The van der Waals surface area contributed by atoms with Gasteiger partial charge in [0.2, 0.25) is 5.95 Å². The van der Waals surface area contributed by atoms with Crippen LogP contribution in [0.5, 0.6) is 0 Å². The molecule has 0 radical (unpaired) electrons. The van der Waals surface area contributed by atoms with Gasteiger partial charge in [-0.2, -0.15) is 18.2 Å². The Balaban J connectivity index is 0.000000345. The van der Waals surface area contributed by atoms with Gasteiger partial charge < -0.3 is 26.6 Å². The summed E-state index contributed by atoms with van der Waals surface area (Å²) >= 11 is 3.42. The smallest absolute Gasteiger partial charge is 0.475 e. The van der Waals surface area contributed by atoms with E-state index in [9.17, 15) is 18.3 Å². The maximum atomic E-state index is 10.6. The van der Waals surface area contributed by atoms with Crippen molar-refractivity contribution in [1.82, 2.24) is 15.3 Å². The lowest BCUT2D eigenvalue weighted by molar-refractivity contribution is -0.192. The summed E-state index contributed by atoms with van der Waals surface area (Å²) in [4.78, 5) is 17.6. The summed E-state index contributed by atoms with van der Waals surface area (Å²) in [7, 11) is 0. The standard InChI is InChI=1S/C14H18BrN5O.C2HF3O2/c15-9-1-2-10-11(7-9)19-13(20-12(10)16)18-6-4-14(21)3-5-17-8-14;3-2(4,5)1(6)7/h1-2,7,17,21H,3-6,8H2,(H3,16,18,19,20);(H,6,7). The molecule has 0 spiro atoms. The molecule has 1 aliphatic rings. The van der Waals surface area contributed by atoms with Crippen LogP contribution in [0, 0.1) is 0 Å². The highest BCUT2D eigenvalue weighted by Gasteiger charge is 2.38. The third-order valence-electron chi connectivity index (χ3n) is 4.03. The molecule has 1 aliphatic heterocycles. The first-order chi connectivity index (χ1) is 13.0. The number of aromatic nitrogens is 2. The van der Waals surface area contributed by atoms with Crippen molar-refractivity contribution < 1.29 is 28.2 Å². The lowest BCUT2D eigenvalue weighted by atomic mass is 9.99. The number of benzene rings is 1. The predicted octanol–water partition coefficient (Wildman–Crippen LogP) is 2.13. The van der Waals surface area contributed by atoms with Crippen molar-refractivity contribution in [3.8, 4) is 0 Å². The first kappa shape index (κ1) is 22.1. The minimum Gasteiger partial charge on any atom is -0.475 e. The molecule has 2 heterocycles. The van der Waals surface area contributed by atoms with Crippen LogP contribution in [0.3, 0.4) is 0 Å². The third-order valence-corrected chi connectivity index (χ3v) is 4.52. The van der Waals surface area contributed by atoms with Crippen LogP contribution in [0.4, 0.5) is 24.9 Å². The van der Waals surface area contributed by atoms with Crippen LogP contribution in [0.15, 0.2) is 22.7 Å². The average molecular weight is 466 g/mol. The van der Waals surface area contributed by atoms with Crippen LogP contribution < -0.4 is 16.4 Å². The number of carboxylic acids is 1. The summed E-state index contributed by atoms with van der Waals surface area (Å²) in [5.41, 5.74) is 6.13. The second-order valence-corrected chi connectivity index (χ2v) is 7.14. The molecule has 0 aliphatic carbocycles. The Morgan fingerprint density at radius 3 is 2.64 bits per heavy atom. The highest BCUT2D eigenvalue weighted by atomic mass is 79.9. The van der Waals surface area contributed by atoms with Gasteiger partial charge in [0.25, 0.3) is 0 Å². The largest absolute Gasteiger partial charge is 0.490 e. The van der Waals surface area contributed by atoms with E-state index in [1.165, 1.54) is 0 Å². The van der Waals surface area contributed by atoms with Crippen LogP contribution in [0.1, 0.15) is 12.8 Å². The monoisotopic (exact) mass is 465 g/mol. The molecular weight excluding hydrogens is 447 g/mol. The minimum atomic E-state index is -5.08. The lowest BCUT2D eigenvalue weighted by Gasteiger charge is -2.21. The Bertz CT molecular complexity index is 844. The minimum absolute atomic E-state index is 0.455. The number of nitrogens with one attached hydrogen (secondary N) is 2. The second kappa shape index (κ2) is 8.88. The molecule has 154 valence electrons. The maximum absolute atomic E-state index is 10.6. The second-order valence-electron chi connectivity index (χ2n) is 6.22. The normalized spacial score (nSPS) is 19.2. The molecule has 28 heavy (non-hydrogen) atoms. The Hall–Kier alpha value is -2.18. The van der Waals surface area contributed by atoms with E-state index in [4.69, 9.17) is 15.6 Å². The molecule has 6 N–H and O–H groups in total. The maximum Gasteiger partial charge on any atom is 0.490 e. The fraction of sp³-hybridized carbons (Fsp3) is 0.438. The van der Waals surface area contributed by atoms with E-state index in [0.29, 0.717) is 31.3 Å². The zero-order valence-electron chi connectivity index (χ0n) is 14.6. The van der Waals surface area contributed by atoms with Gasteiger partial charge in [-0.05, 0) is 37.6 Å². The van der Waals surface area contributed by atoms with Gasteiger partial charge in [0.1, 0.15) is 5.82 Å².